The Morgan fingerprint density at radius 1 is 1.16 bits per heavy atom. The zero-order chi connectivity index (χ0) is 17.8. The molecule has 7 heteroatoms. The zero-order valence-electron chi connectivity index (χ0n) is 14.6. The van der Waals surface area contributed by atoms with E-state index in [4.69, 9.17) is 0 Å². The highest BCUT2D eigenvalue weighted by Gasteiger charge is 2.37. The summed E-state index contributed by atoms with van der Waals surface area (Å²) in [4.78, 5) is 35.9. The van der Waals surface area contributed by atoms with Crippen molar-refractivity contribution >= 4 is 17.8 Å². The Morgan fingerprint density at radius 2 is 1.92 bits per heavy atom. The Balaban J connectivity index is 1.52. The Morgan fingerprint density at radius 3 is 2.60 bits per heavy atom. The Hall–Kier alpha value is -1.63. The molecule has 0 spiro atoms. The van der Waals surface area contributed by atoms with Crippen LogP contribution in [0, 0.1) is 17.8 Å². The fourth-order valence-electron chi connectivity index (χ4n) is 4.59. The first-order chi connectivity index (χ1) is 12.0. The second-order valence-electron chi connectivity index (χ2n) is 7.77. The highest BCUT2D eigenvalue weighted by Crippen LogP contribution is 2.35. The zero-order valence-corrected chi connectivity index (χ0v) is 14.6. The summed E-state index contributed by atoms with van der Waals surface area (Å²) in [5.41, 5.74) is 0. The standard InChI is InChI=1S/C18H29N3O4/c22-16-12(6-3-7-19-16)8-15(18(24)25)21-17(23)14-9-13(10-20-14)11-4-1-2-5-11/h11-15,20H,1-10H2,(H,19,22)(H,21,23)(H,24,25)/t12-,13?,14?,15-/m0/s1. The van der Waals surface area contributed by atoms with E-state index in [1.54, 1.807) is 0 Å². The van der Waals surface area contributed by atoms with E-state index in [0.29, 0.717) is 24.8 Å². The maximum atomic E-state index is 12.5. The Bertz CT molecular complexity index is 518. The van der Waals surface area contributed by atoms with Gasteiger partial charge in [0, 0.05) is 12.5 Å². The second-order valence-corrected chi connectivity index (χ2v) is 7.77. The highest BCUT2D eigenvalue weighted by molar-refractivity contribution is 5.88. The van der Waals surface area contributed by atoms with Gasteiger partial charge in [-0.2, -0.15) is 0 Å². The topological polar surface area (TPSA) is 108 Å². The Kier molecular flexibility index (Phi) is 5.93. The van der Waals surface area contributed by atoms with Gasteiger partial charge < -0.3 is 21.1 Å². The highest BCUT2D eigenvalue weighted by atomic mass is 16.4. The average molecular weight is 351 g/mol. The van der Waals surface area contributed by atoms with E-state index in [-0.39, 0.29) is 30.2 Å². The number of rotatable bonds is 6. The molecule has 3 aliphatic rings. The predicted octanol–water partition coefficient (Wildman–Crippen LogP) is 0.640. The number of amides is 2. The lowest BCUT2D eigenvalue weighted by atomic mass is 9.88. The predicted molar refractivity (Wildman–Crippen MR) is 91.8 cm³/mol. The number of nitrogens with one attached hydrogen (secondary N) is 3. The third kappa shape index (κ3) is 4.51. The first-order valence-corrected chi connectivity index (χ1v) is 9.59. The molecule has 3 fully saturated rings. The lowest BCUT2D eigenvalue weighted by molar-refractivity contribution is -0.143. The largest absolute Gasteiger partial charge is 0.480 e. The fraction of sp³-hybridized carbons (Fsp3) is 0.833. The lowest BCUT2D eigenvalue weighted by Crippen LogP contribution is -2.50. The van der Waals surface area contributed by atoms with E-state index in [2.05, 4.69) is 16.0 Å². The van der Waals surface area contributed by atoms with Crippen LogP contribution in [0.5, 0.6) is 0 Å². The number of carbonyl (C=O) groups is 3. The van der Waals surface area contributed by atoms with Crippen molar-refractivity contribution in [2.45, 2.75) is 63.5 Å². The van der Waals surface area contributed by atoms with Gasteiger partial charge in [-0.25, -0.2) is 4.79 Å². The first kappa shape index (κ1) is 18.2. The number of aliphatic carboxylic acids is 1. The maximum absolute atomic E-state index is 12.5. The summed E-state index contributed by atoms with van der Waals surface area (Å²) in [6, 6.07) is -1.32. The minimum Gasteiger partial charge on any atom is -0.480 e. The molecule has 2 heterocycles. The van der Waals surface area contributed by atoms with E-state index < -0.39 is 12.0 Å². The number of carboxylic acid groups (broad SMARTS) is 1. The average Bonchev–Trinajstić information content (AvgIpc) is 3.27. The summed E-state index contributed by atoms with van der Waals surface area (Å²) in [5.74, 6) is -0.539. The van der Waals surface area contributed by atoms with Crippen molar-refractivity contribution in [3.05, 3.63) is 0 Å². The number of hydrogen-bond donors (Lipinski definition) is 4. The summed E-state index contributed by atoms with van der Waals surface area (Å²) >= 11 is 0. The molecule has 0 aromatic rings. The Labute approximate surface area is 148 Å². The molecule has 4 atom stereocenters. The minimum atomic E-state index is -1.07. The van der Waals surface area contributed by atoms with Crippen LogP contribution in [0.1, 0.15) is 51.4 Å². The maximum Gasteiger partial charge on any atom is 0.326 e. The molecule has 4 N–H and O–H groups in total. The summed E-state index contributed by atoms with van der Waals surface area (Å²) in [7, 11) is 0. The molecule has 0 aromatic heterocycles. The van der Waals surface area contributed by atoms with Crippen LogP contribution in [0.2, 0.25) is 0 Å². The molecule has 7 nitrogen and oxygen atoms in total. The smallest absolute Gasteiger partial charge is 0.326 e. The van der Waals surface area contributed by atoms with Crippen molar-refractivity contribution in [2.75, 3.05) is 13.1 Å². The van der Waals surface area contributed by atoms with Crippen LogP contribution in [0.15, 0.2) is 0 Å². The molecule has 2 saturated heterocycles. The quantitative estimate of drug-likeness (QED) is 0.562. The van der Waals surface area contributed by atoms with Gasteiger partial charge >= 0.3 is 5.97 Å². The summed E-state index contributed by atoms with van der Waals surface area (Å²) in [5, 5.41) is 18.1. The summed E-state index contributed by atoms with van der Waals surface area (Å²) in [6.45, 7) is 1.49. The van der Waals surface area contributed by atoms with Crippen molar-refractivity contribution < 1.29 is 19.5 Å². The number of piperidine rings is 1. The third-order valence-electron chi connectivity index (χ3n) is 6.08. The van der Waals surface area contributed by atoms with Crippen molar-refractivity contribution in [1.29, 1.82) is 0 Å². The normalized spacial score (nSPS) is 31.5. The molecule has 0 aromatic carbocycles. The molecule has 140 valence electrons. The third-order valence-corrected chi connectivity index (χ3v) is 6.08. The van der Waals surface area contributed by atoms with E-state index in [9.17, 15) is 19.5 Å². The van der Waals surface area contributed by atoms with Crippen LogP contribution >= 0.6 is 0 Å². The molecule has 1 aliphatic carbocycles. The van der Waals surface area contributed by atoms with Crippen molar-refractivity contribution in [3.8, 4) is 0 Å². The van der Waals surface area contributed by atoms with Gasteiger partial charge in [-0.05, 0) is 44.1 Å². The molecule has 0 radical (unpaired) electrons. The van der Waals surface area contributed by atoms with Crippen molar-refractivity contribution in [1.82, 2.24) is 16.0 Å². The number of carboxylic acids is 1. The second kappa shape index (κ2) is 8.17. The van der Waals surface area contributed by atoms with Crippen LogP contribution in [0.25, 0.3) is 0 Å². The van der Waals surface area contributed by atoms with E-state index >= 15 is 0 Å². The molecule has 0 bridgehead atoms. The van der Waals surface area contributed by atoms with E-state index in [1.807, 2.05) is 0 Å². The fourth-order valence-corrected chi connectivity index (χ4v) is 4.59. The summed E-state index contributed by atoms with van der Waals surface area (Å²) < 4.78 is 0. The van der Waals surface area contributed by atoms with Gasteiger partial charge in [-0.1, -0.05) is 25.7 Å². The first-order valence-electron chi connectivity index (χ1n) is 9.59. The molecular formula is C18H29N3O4. The van der Waals surface area contributed by atoms with Crippen LogP contribution in [0.4, 0.5) is 0 Å². The van der Waals surface area contributed by atoms with Gasteiger partial charge in [-0.3, -0.25) is 9.59 Å². The van der Waals surface area contributed by atoms with Gasteiger partial charge in [0.25, 0.3) is 0 Å². The minimum absolute atomic E-state index is 0.105. The summed E-state index contributed by atoms with van der Waals surface area (Å²) in [6.07, 6.45) is 7.52. The van der Waals surface area contributed by atoms with Gasteiger partial charge in [0.15, 0.2) is 0 Å². The molecule has 2 unspecified atom stereocenters. The van der Waals surface area contributed by atoms with Gasteiger partial charge in [0.05, 0.1) is 6.04 Å². The van der Waals surface area contributed by atoms with E-state index in [0.717, 1.165) is 19.4 Å². The molecule has 1 saturated carbocycles. The van der Waals surface area contributed by atoms with Gasteiger partial charge in [0.2, 0.25) is 11.8 Å². The molecule has 25 heavy (non-hydrogen) atoms. The number of carbonyl (C=O) groups excluding carboxylic acids is 2. The lowest BCUT2D eigenvalue weighted by Gasteiger charge is -2.25. The van der Waals surface area contributed by atoms with E-state index in [1.165, 1.54) is 25.7 Å². The van der Waals surface area contributed by atoms with Crippen LogP contribution in [-0.2, 0) is 14.4 Å². The number of hydrogen-bond acceptors (Lipinski definition) is 4. The van der Waals surface area contributed by atoms with Crippen LogP contribution in [0.3, 0.4) is 0 Å². The molecular weight excluding hydrogens is 322 g/mol. The SMILES string of the molecule is O=C(N[C@@H](C[C@@H]1CCCNC1=O)C(=O)O)C1CC(C2CCCC2)CN1. The molecule has 2 aliphatic heterocycles. The molecule has 2 amide bonds. The van der Waals surface area contributed by atoms with Crippen molar-refractivity contribution in [2.24, 2.45) is 17.8 Å². The molecule has 3 rings (SSSR count). The van der Waals surface area contributed by atoms with Gasteiger partial charge in [-0.15, -0.1) is 0 Å². The van der Waals surface area contributed by atoms with Gasteiger partial charge in [0.1, 0.15) is 6.04 Å². The van der Waals surface area contributed by atoms with Crippen LogP contribution < -0.4 is 16.0 Å². The van der Waals surface area contributed by atoms with Crippen LogP contribution in [-0.4, -0.2) is 48.1 Å². The monoisotopic (exact) mass is 351 g/mol. The van der Waals surface area contributed by atoms with Crippen molar-refractivity contribution in [3.63, 3.8) is 0 Å².